The molecule has 3 aliphatic rings. The number of thioether (sulfide) groups is 1. The summed E-state index contributed by atoms with van der Waals surface area (Å²) in [6.07, 6.45) is 4.75. The first-order valence-electron chi connectivity index (χ1n) is 24.6. The van der Waals surface area contributed by atoms with Gasteiger partial charge in [0.05, 0.1) is 5.56 Å². The molecule has 3 saturated heterocycles. The van der Waals surface area contributed by atoms with Gasteiger partial charge in [0.2, 0.25) is 0 Å². The van der Waals surface area contributed by atoms with Gasteiger partial charge in [-0.25, -0.2) is 0 Å². The average Bonchev–Trinajstić information content (AvgIpc) is 3.41. The highest BCUT2D eigenvalue weighted by Gasteiger charge is 2.31. The Morgan fingerprint density at radius 1 is 0.493 bits per heavy atom. The first-order valence-corrected chi connectivity index (χ1v) is 25.8. The lowest BCUT2D eigenvalue weighted by molar-refractivity contribution is -0.137. The van der Waals surface area contributed by atoms with E-state index in [1.165, 1.54) is 60.1 Å². The molecule has 9 rings (SSSR count). The summed E-state index contributed by atoms with van der Waals surface area (Å²) in [5.74, 6) is 0.966. The lowest BCUT2D eigenvalue weighted by Gasteiger charge is -2.23. The van der Waals surface area contributed by atoms with Crippen molar-refractivity contribution >= 4 is 46.5 Å². The molecule has 0 radical (unpaired) electrons. The van der Waals surface area contributed by atoms with E-state index in [0.29, 0.717) is 34.6 Å². The highest BCUT2D eigenvalue weighted by molar-refractivity contribution is 7.98. The van der Waals surface area contributed by atoms with Crippen LogP contribution in [0.3, 0.4) is 0 Å². The van der Waals surface area contributed by atoms with Gasteiger partial charge in [-0.1, -0.05) is 54.6 Å². The van der Waals surface area contributed by atoms with Gasteiger partial charge < -0.3 is 31.9 Å². The SMILES string of the molecule is CSc1cccc(C(=O)Nc2ccc([C@@H]3CCCNC3)cc2)c1.Cc1ccc(C(=O)Nc2ccc([C@H]3CCCNC3)cc2)cc1C.O=C(Nc1ccc([C@H]2CCCNC2)cc1)c1cccc(C(F)(F)F)c1. The number of carbonyl (C=O) groups excluding carboxylic acids is 3. The predicted molar refractivity (Wildman–Crippen MR) is 283 cm³/mol. The van der Waals surface area contributed by atoms with E-state index < -0.39 is 17.6 Å². The summed E-state index contributed by atoms with van der Waals surface area (Å²) in [5.41, 5.74) is 9.03. The summed E-state index contributed by atoms with van der Waals surface area (Å²) < 4.78 is 38.2. The second kappa shape index (κ2) is 25.7. The van der Waals surface area contributed by atoms with Crippen molar-refractivity contribution in [1.82, 2.24) is 16.0 Å². The third-order valence-electron chi connectivity index (χ3n) is 13.4. The van der Waals surface area contributed by atoms with Crippen LogP contribution in [0.1, 0.15) is 121 Å². The zero-order chi connectivity index (χ0) is 50.2. The fourth-order valence-electron chi connectivity index (χ4n) is 9.02. The van der Waals surface area contributed by atoms with Crippen LogP contribution in [0.15, 0.2) is 144 Å². The van der Waals surface area contributed by atoms with Crippen molar-refractivity contribution in [2.75, 3.05) is 61.5 Å². The number of benzene rings is 6. The summed E-state index contributed by atoms with van der Waals surface area (Å²) >= 11 is 1.64. The Morgan fingerprint density at radius 2 is 0.887 bits per heavy atom. The van der Waals surface area contributed by atoms with E-state index >= 15 is 0 Å². The molecule has 3 amide bonds. The van der Waals surface area contributed by atoms with Crippen LogP contribution in [0.5, 0.6) is 0 Å². The fraction of sp³-hybridized carbons (Fsp3) is 0.328. The maximum Gasteiger partial charge on any atom is 0.416 e. The molecule has 3 heterocycles. The molecule has 372 valence electrons. The molecule has 0 saturated carbocycles. The molecular formula is C58H65F3N6O3S. The van der Waals surface area contributed by atoms with Gasteiger partial charge in [-0.2, -0.15) is 13.2 Å². The van der Waals surface area contributed by atoms with Crippen molar-refractivity contribution in [3.05, 3.63) is 190 Å². The van der Waals surface area contributed by atoms with Crippen LogP contribution >= 0.6 is 11.8 Å². The Morgan fingerprint density at radius 3 is 1.25 bits per heavy atom. The molecule has 0 bridgehead atoms. The fourth-order valence-corrected chi connectivity index (χ4v) is 9.48. The smallest absolute Gasteiger partial charge is 0.322 e. The summed E-state index contributed by atoms with van der Waals surface area (Å²) in [6.45, 7) is 10.4. The molecule has 0 aliphatic carbocycles. The number of anilines is 3. The second-order valence-electron chi connectivity index (χ2n) is 18.5. The minimum atomic E-state index is -4.47. The van der Waals surface area contributed by atoms with Crippen LogP contribution in [-0.4, -0.2) is 63.2 Å². The summed E-state index contributed by atoms with van der Waals surface area (Å²) in [5, 5.41) is 18.8. The van der Waals surface area contributed by atoms with Gasteiger partial charge in [0.15, 0.2) is 0 Å². The highest BCUT2D eigenvalue weighted by atomic mass is 32.2. The normalized spacial score (nSPS) is 17.8. The molecule has 71 heavy (non-hydrogen) atoms. The van der Waals surface area contributed by atoms with Crippen LogP contribution in [0, 0.1) is 13.8 Å². The Hall–Kier alpha value is -6.25. The average molecular weight is 983 g/mol. The van der Waals surface area contributed by atoms with Crippen molar-refractivity contribution in [3.63, 3.8) is 0 Å². The number of hydrogen-bond donors (Lipinski definition) is 6. The van der Waals surface area contributed by atoms with E-state index in [-0.39, 0.29) is 17.4 Å². The van der Waals surface area contributed by atoms with E-state index in [4.69, 9.17) is 0 Å². The molecule has 0 unspecified atom stereocenters. The predicted octanol–water partition coefficient (Wildman–Crippen LogP) is 12.6. The number of hydrogen-bond acceptors (Lipinski definition) is 7. The Kier molecular flexibility index (Phi) is 19.1. The largest absolute Gasteiger partial charge is 0.416 e. The number of nitrogens with one attached hydrogen (secondary N) is 6. The van der Waals surface area contributed by atoms with Crippen molar-refractivity contribution in [3.8, 4) is 0 Å². The zero-order valence-electron chi connectivity index (χ0n) is 40.8. The summed E-state index contributed by atoms with van der Waals surface area (Å²) in [4.78, 5) is 38.0. The number of piperidine rings is 3. The van der Waals surface area contributed by atoms with Crippen LogP contribution in [0.2, 0.25) is 0 Å². The lowest BCUT2D eigenvalue weighted by Crippen LogP contribution is -2.28. The molecule has 6 aromatic carbocycles. The maximum atomic E-state index is 12.7. The van der Waals surface area contributed by atoms with Crippen LogP contribution in [0.4, 0.5) is 30.2 Å². The minimum absolute atomic E-state index is 0.0182. The van der Waals surface area contributed by atoms with Crippen molar-refractivity contribution in [2.24, 2.45) is 0 Å². The number of alkyl halides is 3. The molecule has 3 aliphatic heterocycles. The number of amides is 3. The van der Waals surface area contributed by atoms with Crippen molar-refractivity contribution in [2.45, 2.75) is 81.2 Å². The van der Waals surface area contributed by atoms with Crippen LogP contribution in [-0.2, 0) is 6.18 Å². The molecule has 3 atom stereocenters. The first kappa shape index (κ1) is 52.6. The maximum absolute atomic E-state index is 12.7. The van der Waals surface area contributed by atoms with Crippen molar-refractivity contribution in [1.29, 1.82) is 0 Å². The molecule has 3 fully saturated rings. The van der Waals surface area contributed by atoms with Crippen LogP contribution in [0.25, 0.3) is 0 Å². The van der Waals surface area contributed by atoms with E-state index in [0.717, 1.165) is 86.1 Å². The number of aryl methyl sites for hydroxylation is 2. The van der Waals surface area contributed by atoms with Gasteiger partial charge in [-0.15, -0.1) is 11.8 Å². The highest BCUT2D eigenvalue weighted by Crippen LogP contribution is 2.31. The van der Waals surface area contributed by atoms with E-state index in [1.807, 2.05) is 92.0 Å². The standard InChI is InChI=1S/C20H24N2O.C19H19F3N2O.C19H22N2OS/c1-14-5-6-17(12-15(14)2)20(23)22-19-9-7-16(8-10-19)18-4-3-11-21-13-18;20-19(21,22)16-5-1-3-14(11-16)18(25)24-17-8-6-13(7-9-17)15-4-2-10-23-12-15;1-23-18-6-2-4-15(12-18)19(22)21-17-9-7-14(8-10-17)16-5-3-11-20-13-16/h5-10,12,18,21H,3-4,11,13H2,1-2H3,(H,22,23);1,3,5-9,11,15,23H,2,4,10,12H2,(H,24,25);2,4,6-10,12,16,20H,3,5,11,13H2,1H3,(H,21,22)/t18-;15-;16-/m001/s1. The number of carbonyl (C=O) groups is 3. The van der Waals surface area contributed by atoms with E-state index in [1.54, 1.807) is 23.9 Å². The number of rotatable bonds is 10. The second-order valence-corrected chi connectivity index (χ2v) is 19.3. The van der Waals surface area contributed by atoms with E-state index in [9.17, 15) is 27.6 Å². The lowest BCUT2D eigenvalue weighted by atomic mass is 9.91. The van der Waals surface area contributed by atoms with Gasteiger partial charge in [-0.3, -0.25) is 14.4 Å². The third-order valence-corrected chi connectivity index (χ3v) is 14.1. The Bertz CT molecular complexity index is 2680. The zero-order valence-corrected chi connectivity index (χ0v) is 41.6. The third kappa shape index (κ3) is 15.6. The number of halogens is 3. The van der Waals surface area contributed by atoms with Crippen LogP contribution < -0.4 is 31.9 Å². The van der Waals surface area contributed by atoms with Crippen molar-refractivity contribution < 1.29 is 27.6 Å². The quantitative estimate of drug-likeness (QED) is 0.0756. The first-order chi connectivity index (χ1) is 34.3. The Labute approximate surface area is 420 Å². The van der Waals surface area contributed by atoms with Gasteiger partial charge in [-0.05, 0) is 209 Å². The summed E-state index contributed by atoms with van der Waals surface area (Å²) in [6, 6.07) is 41.9. The molecule has 0 aromatic heterocycles. The summed E-state index contributed by atoms with van der Waals surface area (Å²) in [7, 11) is 0. The topological polar surface area (TPSA) is 123 Å². The molecular weight excluding hydrogens is 918 g/mol. The molecule has 13 heteroatoms. The van der Waals surface area contributed by atoms with Gasteiger partial charge in [0.1, 0.15) is 0 Å². The Balaban J connectivity index is 0.000000157. The van der Waals surface area contributed by atoms with Gasteiger partial charge in [0.25, 0.3) is 17.7 Å². The molecule has 6 N–H and O–H groups in total. The van der Waals surface area contributed by atoms with Gasteiger partial charge in [0, 0.05) is 58.3 Å². The molecule has 0 spiro atoms. The van der Waals surface area contributed by atoms with Gasteiger partial charge >= 0.3 is 6.18 Å². The molecule has 9 nitrogen and oxygen atoms in total. The minimum Gasteiger partial charge on any atom is -0.322 e. The van der Waals surface area contributed by atoms with E-state index in [2.05, 4.69) is 63.1 Å². The monoisotopic (exact) mass is 982 g/mol. The molecule has 6 aromatic rings.